The first-order valence-corrected chi connectivity index (χ1v) is 19.1. The Morgan fingerprint density at radius 1 is 0.480 bits per heavy atom. The number of hydrogen-bond acceptors (Lipinski definition) is 5. The molecule has 0 bridgehead atoms. The minimum Gasteiger partial charge on any atom is -0.462 e. The lowest BCUT2D eigenvalue weighted by Gasteiger charge is -2.15. The Morgan fingerprint density at radius 3 is 1.30 bits per heavy atom. The second-order valence-corrected chi connectivity index (χ2v) is 11.9. The van der Waals surface area contributed by atoms with E-state index in [0.29, 0.717) is 12.8 Å². The lowest BCUT2D eigenvalue weighted by molar-refractivity contribution is -0.161. The van der Waals surface area contributed by atoms with Crippen LogP contribution in [-0.4, -0.2) is 36.4 Å². The van der Waals surface area contributed by atoms with Crippen LogP contribution in [0.25, 0.3) is 0 Å². The van der Waals surface area contributed by atoms with Gasteiger partial charge in [-0.15, -0.1) is 0 Å². The summed E-state index contributed by atoms with van der Waals surface area (Å²) in [6, 6.07) is 0. The highest BCUT2D eigenvalue weighted by atomic mass is 16.6. The molecule has 0 aromatic heterocycles. The van der Waals surface area contributed by atoms with E-state index in [1.165, 1.54) is 25.7 Å². The molecule has 0 aromatic carbocycles. The monoisotopic (exact) mass is 689 g/mol. The summed E-state index contributed by atoms with van der Waals surface area (Å²) in [4.78, 5) is 24.2. The average molecular weight is 689 g/mol. The van der Waals surface area contributed by atoms with Crippen LogP contribution in [0, 0.1) is 0 Å². The van der Waals surface area contributed by atoms with Crippen molar-refractivity contribution in [1.82, 2.24) is 0 Å². The van der Waals surface area contributed by atoms with Gasteiger partial charge in [0.1, 0.15) is 6.61 Å². The predicted molar refractivity (Wildman–Crippen MR) is 214 cm³/mol. The molecule has 0 spiro atoms. The number of esters is 2. The Bertz CT molecular complexity index is 1100. The first-order valence-electron chi connectivity index (χ1n) is 19.1. The van der Waals surface area contributed by atoms with E-state index in [0.717, 1.165) is 64.2 Å². The van der Waals surface area contributed by atoms with Crippen molar-refractivity contribution >= 4 is 11.9 Å². The van der Waals surface area contributed by atoms with Gasteiger partial charge in [-0.1, -0.05) is 148 Å². The second kappa shape index (κ2) is 39.7. The smallest absolute Gasteiger partial charge is 0.306 e. The summed E-state index contributed by atoms with van der Waals surface area (Å²) >= 11 is 0. The van der Waals surface area contributed by atoms with Gasteiger partial charge in [-0.3, -0.25) is 9.59 Å². The Labute approximate surface area is 305 Å². The van der Waals surface area contributed by atoms with Crippen molar-refractivity contribution in [2.75, 3.05) is 13.2 Å². The van der Waals surface area contributed by atoms with Crippen LogP contribution < -0.4 is 0 Å². The Morgan fingerprint density at radius 2 is 0.880 bits per heavy atom. The van der Waals surface area contributed by atoms with Crippen molar-refractivity contribution in [3.05, 3.63) is 122 Å². The van der Waals surface area contributed by atoms with Gasteiger partial charge < -0.3 is 14.6 Å². The lowest BCUT2D eigenvalue weighted by atomic mass is 10.2. The normalized spacial score (nSPS) is 13.6. The van der Waals surface area contributed by atoms with E-state index in [9.17, 15) is 14.7 Å². The molecule has 0 saturated heterocycles. The highest BCUT2D eigenvalue weighted by molar-refractivity contribution is 5.70. The highest BCUT2D eigenvalue weighted by Crippen LogP contribution is 2.05. The second-order valence-electron chi connectivity index (χ2n) is 11.9. The fourth-order valence-electron chi connectivity index (χ4n) is 4.39. The third-order valence-corrected chi connectivity index (χ3v) is 7.25. The van der Waals surface area contributed by atoms with Gasteiger partial charge in [0.05, 0.1) is 6.61 Å². The van der Waals surface area contributed by atoms with E-state index in [1.54, 1.807) is 0 Å². The van der Waals surface area contributed by atoms with E-state index in [4.69, 9.17) is 9.47 Å². The van der Waals surface area contributed by atoms with E-state index in [1.807, 2.05) is 12.2 Å². The number of carbonyl (C=O) groups is 2. The van der Waals surface area contributed by atoms with Gasteiger partial charge in [-0.05, 0) is 89.9 Å². The SMILES string of the molecule is CCC=CCC=CCC=CCC=CCC=CCCCC(=O)O[C@@H](CO)COC(=O)CCC=CCC=CCC=CCC=CCC=CCCCCC. The molecule has 0 heterocycles. The molecule has 0 saturated carbocycles. The maximum absolute atomic E-state index is 12.1. The predicted octanol–water partition coefficient (Wildman–Crippen LogP) is 12.1. The first-order chi connectivity index (χ1) is 24.6. The van der Waals surface area contributed by atoms with Gasteiger partial charge in [0, 0.05) is 12.8 Å². The van der Waals surface area contributed by atoms with Gasteiger partial charge in [0.2, 0.25) is 0 Å². The number of rotatable bonds is 32. The maximum atomic E-state index is 12.1. The molecule has 0 aliphatic heterocycles. The molecular formula is C45H68O5. The fourth-order valence-corrected chi connectivity index (χ4v) is 4.39. The van der Waals surface area contributed by atoms with Gasteiger partial charge in [-0.2, -0.15) is 0 Å². The number of allylic oxidation sites excluding steroid dienone is 20. The first kappa shape index (κ1) is 46.3. The molecule has 5 nitrogen and oxygen atoms in total. The van der Waals surface area contributed by atoms with Crippen molar-refractivity contribution in [1.29, 1.82) is 0 Å². The van der Waals surface area contributed by atoms with Crippen LogP contribution in [-0.2, 0) is 19.1 Å². The van der Waals surface area contributed by atoms with E-state index in [2.05, 4.69) is 123 Å². The summed E-state index contributed by atoms with van der Waals surface area (Å²) in [5.74, 6) is -0.771. The highest BCUT2D eigenvalue weighted by Gasteiger charge is 2.15. The molecule has 1 atom stereocenters. The summed E-state index contributed by atoms with van der Waals surface area (Å²) in [7, 11) is 0. The largest absolute Gasteiger partial charge is 0.462 e. The molecule has 0 fully saturated rings. The third kappa shape index (κ3) is 37.1. The summed E-state index contributed by atoms with van der Waals surface area (Å²) in [6.45, 7) is 3.85. The Kier molecular flexibility index (Phi) is 36.8. The van der Waals surface area contributed by atoms with Gasteiger partial charge in [0.25, 0.3) is 0 Å². The standard InChI is InChI=1S/C45H68O5/c1-3-5-7-9-11-13-15-17-19-21-22-24-25-27-29-31-33-35-37-39-44(47)49-42-43(41-46)50-45(48)40-38-36-34-32-30-28-26-23-20-18-16-14-12-10-8-6-4-2/h6,8,11-14,17-20,22,24,26-29,32-35,43,46H,3-5,7,9-10,15-16,21,23,25,30-31,36-42H2,1-2H3/t43-/m0/s1. The minimum atomic E-state index is -0.840. The molecule has 0 rings (SSSR count). The van der Waals surface area contributed by atoms with Gasteiger partial charge in [0.15, 0.2) is 6.10 Å². The zero-order valence-electron chi connectivity index (χ0n) is 31.3. The quantitative estimate of drug-likeness (QED) is 0.0433. The summed E-state index contributed by atoms with van der Waals surface area (Å²) in [5.41, 5.74) is 0. The molecule has 50 heavy (non-hydrogen) atoms. The molecular weight excluding hydrogens is 620 g/mol. The molecule has 0 aromatic rings. The zero-order chi connectivity index (χ0) is 36.4. The van der Waals surface area contributed by atoms with Crippen molar-refractivity contribution in [2.24, 2.45) is 0 Å². The molecule has 1 N–H and O–H groups in total. The van der Waals surface area contributed by atoms with E-state index in [-0.39, 0.29) is 32.0 Å². The molecule has 0 radical (unpaired) electrons. The molecule has 0 amide bonds. The summed E-state index contributed by atoms with van der Waals surface area (Å²) in [5, 5.41) is 9.53. The van der Waals surface area contributed by atoms with Crippen LogP contribution in [0.15, 0.2) is 122 Å². The summed E-state index contributed by atoms with van der Waals surface area (Å²) < 4.78 is 10.5. The molecule has 5 heteroatoms. The van der Waals surface area contributed by atoms with E-state index >= 15 is 0 Å². The molecule has 0 aliphatic rings. The number of carbonyl (C=O) groups excluding carboxylic acids is 2. The Balaban J connectivity index is 3.84. The molecule has 0 unspecified atom stereocenters. The fraction of sp³-hybridized carbons (Fsp3) is 0.511. The average Bonchev–Trinajstić information content (AvgIpc) is 3.12. The number of aliphatic hydroxyl groups excluding tert-OH is 1. The lowest BCUT2D eigenvalue weighted by Crippen LogP contribution is -2.28. The number of aliphatic hydroxyl groups is 1. The zero-order valence-corrected chi connectivity index (χ0v) is 31.3. The van der Waals surface area contributed by atoms with Gasteiger partial charge >= 0.3 is 11.9 Å². The van der Waals surface area contributed by atoms with Crippen LogP contribution in [0.5, 0.6) is 0 Å². The molecule has 0 aliphatic carbocycles. The topological polar surface area (TPSA) is 72.8 Å². The van der Waals surface area contributed by atoms with Crippen molar-refractivity contribution in [2.45, 2.75) is 136 Å². The van der Waals surface area contributed by atoms with Crippen molar-refractivity contribution < 1.29 is 24.2 Å². The van der Waals surface area contributed by atoms with Crippen LogP contribution in [0.3, 0.4) is 0 Å². The van der Waals surface area contributed by atoms with Crippen molar-refractivity contribution in [3.63, 3.8) is 0 Å². The van der Waals surface area contributed by atoms with Gasteiger partial charge in [-0.25, -0.2) is 0 Å². The summed E-state index contributed by atoms with van der Waals surface area (Å²) in [6.07, 6.45) is 58.4. The maximum Gasteiger partial charge on any atom is 0.306 e. The van der Waals surface area contributed by atoms with Crippen LogP contribution >= 0.6 is 0 Å². The van der Waals surface area contributed by atoms with Crippen LogP contribution in [0.4, 0.5) is 0 Å². The van der Waals surface area contributed by atoms with Crippen molar-refractivity contribution in [3.8, 4) is 0 Å². The third-order valence-electron chi connectivity index (χ3n) is 7.25. The molecule has 278 valence electrons. The number of hydrogen-bond donors (Lipinski definition) is 1. The minimum absolute atomic E-state index is 0.137. The number of ether oxygens (including phenoxy) is 2. The number of unbranched alkanes of at least 4 members (excludes halogenated alkanes) is 4. The Hall–Kier alpha value is -3.70. The van der Waals surface area contributed by atoms with E-state index < -0.39 is 12.1 Å². The van der Waals surface area contributed by atoms with Crippen LogP contribution in [0.1, 0.15) is 129 Å². The van der Waals surface area contributed by atoms with Crippen LogP contribution in [0.2, 0.25) is 0 Å².